The molecule has 0 atom stereocenters. The fourth-order valence-electron chi connectivity index (χ4n) is 2.03. The number of benzene rings is 2. The van der Waals surface area contributed by atoms with Gasteiger partial charge in [-0.3, -0.25) is 5.01 Å². The summed E-state index contributed by atoms with van der Waals surface area (Å²) in [5.41, 5.74) is 3.50. The van der Waals surface area contributed by atoms with Crippen molar-refractivity contribution in [3.63, 3.8) is 0 Å². The van der Waals surface area contributed by atoms with Crippen LogP contribution in [0.1, 0.15) is 12.5 Å². The van der Waals surface area contributed by atoms with Crippen molar-refractivity contribution in [2.24, 2.45) is 5.10 Å². The number of hydrogen-bond acceptors (Lipinski definition) is 3. The lowest BCUT2D eigenvalue weighted by molar-refractivity contribution is 0.627. The molecule has 0 bridgehead atoms. The summed E-state index contributed by atoms with van der Waals surface area (Å²) in [4.78, 5) is 0. The highest BCUT2D eigenvalue weighted by Crippen LogP contribution is 2.22. The smallest absolute Gasteiger partial charge is 0.123 e. The monoisotopic (exact) mass is 305 g/mol. The lowest BCUT2D eigenvalue weighted by atomic mass is 10.1. The van der Waals surface area contributed by atoms with E-state index in [0.29, 0.717) is 5.02 Å². The molecule has 1 N–H and O–H groups in total. The van der Waals surface area contributed by atoms with Gasteiger partial charge in [0.2, 0.25) is 0 Å². The van der Waals surface area contributed by atoms with Gasteiger partial charge in [-0.25, -0.2) is 4.39 Å². The summed E-state index contributed by atoms with van der Waals surface area (Å²) < 4.78 is 12.9. The van der Waals surface area contributed by atoms with Crippen molar-refractivity contribution in [2.45, 2.75) is 6.92 Å². The molecule has 0 saturated heterocycles. The lowest BCUT2D eigenvalue weighted by Crippen LogP contribution is -2.13. The molecule has 0 heterocycles. The van der Waals surface area contributed by atoms with Crippen molar-refractivity contribution < 1.29 is 4.39 Å². The number of nitrogens with zero attached hydrogens (tertiary/aromatic N) is 2. The maximum atomic E-state index is 12.9. The van der Waals surface area contributed by atoms with Gasteiger partial charge in [-0.2, -0.15) is 5.10 Å². The van der Waals surface area contributed by atoms with Crippen molar-refractivity contribution in [3.05, 3.63) is 58.9 Å². The van der Waals surface area contributed by atoms with Gasteiger partial charge in [-0.1, -0.05) is 11.6 Å². The third-order valence-corrected chi connectivity index (χ3v) is 3.38. The first-order chi connectivity index (χ1) is 10.0. The normalized spacial score (nSPS) is 11.4. The number of hydrazone groups is 1. The molecular formula is C16H17ClFN3. The first-order valence-electron chi connectivity index (χ1n) is 6.53. The van der Waals surface area contributed by atoms with Crippen LogP contribution in [-0.4, -0.2) is 19.8 Å². The fourth-order valence-corrected chi connectivity index (χ4v) is 2.20. The minimum atomic E-state index is -0.264. The summed E-state index contributed by atoms with van der Waals surface area (Å²) in [7, 11) is 3.67. The third-order valence-electron chi connectivity index (χ3n) is 3.14. The zero-order valence-corrected chi connectivity index (χ0v) is 12.9. The molecule has 2 rings (SSSR count). The summed E-state index contributed by atoms with van der Waals surface area (Å²) in [6.45, 7) is 1.91. The number of hydrogen-bond donors (Lipinski definition) is 1. The van der Waals surface area contributed by atoms with E-state index < -0.39 is 0 Å². The van der Waals surface area contributed by atoms with Crippen LogP contribution >= 0.6 is 11.6 Å². The van der Waals surface area contributed by atoms with Gasteiger partial charge >= 0.3 is 0 Å². The van der Waals surface area contributed by atoms with Crippen LogP contribution in [-0.2, 0) is 0 Å². The van der Waals surface area contributed by atoms with E-state index in [-0.39, 0.29) is 5.82 Å². The molecule has 2 aromatic rings. The molecular weight excluding hydrogens is 289 g/mol. The zero-order chi connectivity index (χ0) is 15.4. The van der Waals surface area contributed by atoms with Crippen molar-refractivity contribution in [1.82, 2.24) is 0 Å². The predicted molar refractivity (Wildman–Crippen MR) is 88.0 cm³/mol. The zero-order valence-electron chi connectivity index (χ0n) is 12.2. The van der Waals surface area contributed by atoms with E-state index >= 15 is 0 Å². The highest BCUT2D eigenvalue weighted by molar-refractivity contribution is 6.31. The molecule has 0 amide bonds. The van der Waals surface area contributed by atoms with E-state index in [4.69, 9.17) is 11.6 Å². The second-order valence-corrected chi connectivity index (χ2v) is 5.06. The average molecular weight is 306 g/mol. The van der Waals surface area contributed by atoms with Crippen LogP contribution in [0, 0.1) is 5.82 Å². The Morgan fingerprint density at radius 2 is 1.86 bits per heavy atom. The predicted octanol–water partition coefficient (Wildman–Crippen LogP) is 4.38. The lowest BCUT2D eigenvalue weighted by Gasteiger charge is -2.16. The quantitative estimate of drug-likeness (QED) is 0.670. The minimum Gasteiger partial charge on any atom is -0.388 e. The van der Waals surface area contributed by atoms with Crippen LogP contribution in [0.15, 0.2) is 47.6 Å². The van der Waals surface area contributed by atoms with Gasteiger partial charge in [0, 0.05) is 30.4 Å². The van der Waals surface area contributed by atoms with Gasteiger partial charge in [0.15, 0.2) is 0 Å². The maximum absolute atomic E-state index is 12.9. The number of rotatable bonds is 4. The topological polar surface area (TPSA) is 27.6 Å². The first-order valence-corrected chi connectivity index (χ1v) is 6.91. The Hall–Kier alpha value is -2.07. The van der Waals surface area contributed by atoms with Crippen molar-refractivity contribution in [3.8, 4) is 0 Å². The molecule has 0 aliphatic heterocycles. The molecule has 0 saturated carbocycles. The SMILES string of the molecule is CNc1ccc(Cl)cc1/C(C)=N\N(C)c1ccc(F)cc1. The average Bonchev–Trinajstić information content (AvgIpc) is 2.47. The molecule has 3 nitrogen and oxygen atoms in total. The van der Waals surface area contributed by atoms with Crippen LogP contribution in [0.2, 0.25) is 5.02 Å². The van der Waals surface area contributed by atoms with Crippen LogP contribution in [0.5, 0.6) is 0 Å². The van der Waals surface area contributed by atoms with Gasteiger partial charge < -0.3 is 5.32 Å². The molecule has 0 unspecified atom stereocenters. The molecule has 2 aromatic carbocycles. The Labute approximate surface area is 129 Å². The number of nitrogens with one attached hydrogen (secondary N) is 1. The first kappa shape index (κ1) is 15.3. The van der Waals surface area contributed by atoms with Crippen molar-refractivity contribution in [1.29, 1.82) is 0 Å². The second-order valence-electron chi connectivity index (χ2n) is 4.63. The number of halogens is 2. The van der Waals surface area contributed by atoms with E-state index in [1.807, 2.05) is 39.2 Å². The number of anilines is 2. The molecule has 0 spiro atoms. The Bertz CT molecular complexity index is 653. The van der Waals surface area contributed by atoms with Gasteiger partial charge in [-0.15, -0.1) is 0 Å². The van der Waals surface area contributed by atoms with Crippen LogP contribution in [0.25, 0.3) is 0 Å². The standard InChI is InChI=1S/C16H17ClFN3/c1-11(15-10-12(17)4-9-16(15)19-2)20-21(3)14-7-5-13(18)6-8-14/h4-10,19H,1-3H3/b20-11-. The maximum Gasteiger partial charge on any atom is 0.123 e. The van der Waals surface area contributed by atoms with Crippen LogP contribution in [0.3, 0.4) is 0 Å². The summed E-state index contributed by atoms with van der Waals surface area (Å²) in [5.74, 6) is -0.264. The summed E-state index contributed by atoms with van der Waals surface area (Å²) in [6.07, 6.45) is 0. The van der Waals surface area contributed by atoms with Crippen molar-refractivity contribution >= 4 is 28.7 Å². The molecule has 0 aromatic heterocycles. The third kappa shape index (κ3) is 3.73. The van der Waals surface area contributed by atoms with Gasteiger partial charge in [-0.05, 0) is 49.4 Å². The molecule has 5 heteroatoms. The highest BCUT2D eigenvalue weighted by Gasteiger charge is 2.07. The second kappa shape index (κ2) is 6.59. The Morgan fingerprint density at radius 3 is 2.48 bits per heavy atom. The van der Waals surface area contributed by atoms with E-state index in [9.17, 15) is 4.39 Å². The summed E-state index contributed by atoms with van der Waals surface area (Å²) in [5, 5.41) is 10.0. The molecule has 0 aliphatic carbocycles. The largest absolute Gasteiger partial charge is 0.388 e. The highest BCUT2D eigenvalue weighted by atomic mass is 35.5. The summed E-state index contributed by atoms with van der Waals surface area (Å²) in [6, 6.07) is 11.8. The van der Waals surface area contributed by atoms with E-state index in [2.05, 4.69) is 10.4 Å². The van der Waals surface area contributed by atoms with E-state index in [1.165, 1.54) is 12.1 Å². The molecule has 21 heavy (non-hydrogen) atoms. The van der Waals surface area contributed by atoms with Gasteiger partial charge in [0.05, 0.1) is 11.4 Å². The Kier molecular flexibility index (Phi) is 4.81. The molecule has 0 aliphatic rings. The summed E-state index contributed by atoms with van der Waals surface area (Å²) >= 11 is 6.05. The minimum absolute atomic E-state index is 0.264. The fraction of sp³-hybridized carbons (Fsp3) is 0.188. The van der Waals surface area contributed by atoms with Crippen molar-refractivity contribution in [2.75, 3.05) is 24.4 Å². The molecule has 0 radical (unpaired) electrons. The molecule has 110 valence electrons. The van der Waals surface area contributed by atoms with Gasteiger partial charge in [0.25, 0.3) is 0 Å². The Balaban J connectivity index is 2.32. The van der Waals surface area contributed by atoms with E-state index in [0.717, 1.165) is 22.6 Å². The Morgan fingerprint density at radius 1 is 1.19 bits per heavy atom. The molecule has 0 fully saturated rings. The van der Waals surface area contributed by atoms with Crippen LogP contribution < -0.4 is 10.3 Å². The van der Waals surface area contributed by atoms with E-state index in [1.54, 1.807) is 17.1 Å². The van der Waals surface area contributed by atoms with Crippen LogP contribution in [0.4, 0.5) is 15.8 Å². The van der Waals surface area contributed by atoms with Gasteiger partial charge in [0.1, 0.15) is 5.82 Å².